The zero-order valence-electron chi connectivity index (χ0n) is 27.7. The molecule has 0 unspecified atom stereocenters. The van der Waals surface area contributed by atoms with Crippen molar-refractivity contribution in [2.45, 2.75) is 38.3 Å². The number of aromatic nitrogens is 4. The van der Waals surface area contributed by atoms with Gasteiger partial charge in [-0.05, 0) is 60.4 Å². The van der Waals surface area contributed by atoms with E-state index in [1.165, 1.54) is 49.5 Å². The molecule has 17 heteroatoms. The molecule has 2 aromatic heterocycles. The van der Waals surface area contributed by atoms with E-state index in [0.29, 0.717) is 11.6 Å². The molecule has 7 rings (SSSR count). The Morgan fingerprint density at radius 2 is 0.962 bits per heavy atom. The fourth-order valence-electron chi connectivity index (χ4n) is 4.91. The normalized spacial score (nSPS) is 13.2. The van der Waals surface area contributed by atoms with Crippen molar-refractivity contribution in [1.29, 1.82) is 0 Å². The van der Waals surface area contributed by atoms with Crippen molar-refractivity contribution < 1.29 is 43.4 Å². The van der Waals surface area contributed by atoms with Crippen LogP contribution in [-0.4, -0.2) is 45.6 Å². The molecule has 6 aromatic rings. The van der Waals surface area contributed by atoms with Crippen LogP contribution in [0.4, 0.5) is 26.3 Å². The van der Waals surface area contributed by atoms with Gasteiger partial charge < -0.3 is 14.7 Å². The van der Waals surface area contributed by atoms with Crippen LogP contribution in [0.25, 0.3) is 22.1 Å². The van der Waals surface area contributed by atoms with Gasteiger partial charge in [-0.1, -0.05) is 60.7 Å². The number of rotatable bonds is 6. The number of halogens is 9. The molecular weight excluding hydrogens is 804 g/mol. The first-order chi connectivity index (χ1) is 25.3. The van der Waals surface area contributed by atoms with Gasteiger partial charge in [-0.15, -0.1) is 0 Å². The van der Waals surface area contributed by atoms with E-state index >= 15 is 0 Å². The number of fused-ring (bicyclic) bond motifs is 2. The van der Waals surface area contributed by atoms with Gasteiger partial charge in [0.05, 0.1) is 58.7 Å². The van der Waals surface area contributed by atoms with Crippen molar-refractivity contribution in [1.82, 2.24) is 19.9 Å². The van der Waals surface area contributed by atoms with Crippen LogP contribution in [0, 0.1) is 0 Å². The number of aromatic amines is 2. The monoisotopic (exact) mass is 834 g/mol. The van der Waals surface area contributed by atoms with Crippen LogP contribution in [0.5, 0.6) is 0 Å². The topological polar surface area (TPSA) is 91.3 Å². The van der Waals surface area contributed by atoms with Crippen LogP contribution in [0.15, 0.2) is 107 Å². The van der Waals surface area contributed by atoms with E-state index in [0.717, 1.165) is 47.4 Å². The van der Waals surface area contributed by atoms with Gasteiger partial charge in [-0.2, -0.15) is 26.3 Å². The second-order valence-electron chi connectivity index (χ2n) is 11.0. The van der Waals surface area contributed by atoms with E-state index in [-0.39, 0.29) is 24.2 Å². The van der Waals surface area contributed by atoms with Crippen molar-refractivity contribution in [2.24, 2.45) is 9.98 Å². The fraction of sp³-hybridized carbons (Fsp3) is 0.222. The average Bonchev–Trinajstić information content (AvgIpc) is 3.90. The Morgan fingerprint density at radius 1 is 0.604 bits per heavy atom. The summed E-state index contributed by atoms with van der Waals surface area (Å²) >= 11 is -1.77. The van der Waals surface area contributed by atoms with Crippen LogP contribution in [0.3, 0.4) is 0 Å². The average molecular weight is 836 g/mol. The molecule has 3 heterocycles. The third kappa shape index (κ3) is 14.1. The first-order valence-electron chi connectivity index (χ1n) is 15.9. The summed E-state index contributed by atoms with van der Waals surface area (Å²) in [5.74, 6) is 1.04. The number of H-pyrrole nitrogens is 2. The summed E-state index contributed by atoms with van der Waals surface area (Å²) < 4.78 is 82.2. The van der Waals surface area contributed by atoms with Crippen LogP contribution < -0.4 is 0 Å². The number of para-hydroxylation sites is 4. The summed E-state index contributed by atoms with van der Waals surface area (Å²) in [6.07, 6.45) is -3.28. The summed E-state index contributed by atoms with van der Waals surface area (Å²) in [5, 5.41) is 0. The second-order valence-corrected chi connectivity index (χ2v) is 18.0. The number of imidazole rings is 2. The Labute approximate surface area is 318 Å². The number of benzene rings is 4. The van der Waals surface area contributed by atoms with Gasteiger partial charge in [0.2, 0.25) is 0 Å². The zero-order valence-corrected chi connectivity index (χ0v) is 31.3. The molecule has 280 valence electrons. The molecule has 0 radical (unpaired) electrons. The van der Waals surface area contributed by atoms with Crippen LogP contribution in [-0.2, 0) is 42.5 Å². The summed E-state index contributed by atoms with van der Waals surface area (Å²) in [7, 11) is 14.9. The van der Waals surface area contributed by atoms with Crippen molar-refractivity contribution in [2.75, 3.05) is 13.2 Å². The maximum absolute atomic E-state index is 12.9. The van der Waals surface area contributed by atoms with Crippen LogP contribution in [0.1, 0.15) is 46.7 Å². The number of nitrogens with zero attached hydrogens (tertiary/aromatic N) is 4. The molecule has 53 heavy (non-hydrogen) atoms. The van der Waals surface area contributed by atoms with Gasteiger partial charge in [-0.25, -0.2) is 9.97 Å². The maximum atomic E-state index is 12.9. The van der Waals surface area contributed by atoms with Gasteiger partial charge in [0, 0.05) is 13.2 Å². The predicted octanol–water partition coefficient (Wildman–Crippen LogP) is 11.3. The summed E-state index contributed by atoms with van der Waals surface area (Å²) in [6, 6.07) is 25.8. The molecule has 1 fully saturated rings. The number of hydrogen-bond donors (Lipinski definition) is 2. The molecule has 4 aromatic carbocycles. The summed E-state index contributed by atoms with van der Waals surface area (Å²) in [6.45, 7) is 1.90. The standard InChI is InChI=1S/2C16H12F3N3.C4H8O.3ClH.V/c2*17-16(18,19)12-6-2-1-5-11(12)9-20-10-15-21-13-7-3-4-8-14(13)22-15;1-2-4-5-3-1;;;;/h2*1-8,10H,9H2,(H,21,22);1-4H2;3*1H;/q;;;;;;+3/p-3. The quantitative estimate of drug-likeness (QED) is 0.129. The molecule has 1 aliphatic rings. The minimum atomic E-state index is -4.37. The number of ether oxygens (including phenoxy) is 1. The third-order valence-corrected chi connectivity index (χ3v) is 7.24. The van der Waals surface area contributed by atoms with E-state index in [1.807, 2.05) is 48.5 Å². The fourth-order valence-corrected chi connectivity index (χ4v) is 4.91. The van der Waals surface area contributed by atoms with Gasteiger partial charge in [0.25, 0.3) is 0 Å². The van der Waals surface area contributed by atoms with Crippen molar-refractivity contribution >= 4 is 64.0 Å². The van der Waals surface area contributed by atoms with E-state index in [1.54, 1.807) is 12.1 Å². The van der Waals surface area contributed by atoms with Crippen LogP contribution in [0.2, 0.25) is 0 Å². The molecule has 1 saturated heterocycles. The molecule has 0 spiro atoms. The molecule has 0 amide bonds. The number of hydrogen-bond acceptors (Lipinski definition) is 5. The Hall–Kier alpha value is -3.85. The molecular formula is C36H32Cl3F6N6OV. The minimum absolute atomic E-state index is 0.0489. The van der Waals surface area contributed by atoms with Gasteiger partial charge in [0.15, 0.2) is 0 Å². The summed E-state index contributed by atoms with van der Waals surface area (Å²) in [5.41, 5.74) is 2.27. The van der Waals surface area contributed by atoms with Crippen molar-refractivity contribution in [3.05, 3.63) is 131 Å². The van der Waals surface area contributed by atoms with E-state index in [9.17, 15) is 26.3 Å². The van der Waals surface area contributed by atoms with Gasteiger partial charge >= 0.3 is 54.2 Å². The Kier molecular flexibility index (Phi) is 16.3. The van der Waals surface area contributed by atoms with Crippen molar-refractivity contribution in [3.8, 4) is 0 Å². The molecule has 2 N–H and O–H groups in total. The Bertz CT molecular complexity index is 1860. The molecule has 1 aliphatic heterocycles. The van der Waals surface area contributed by atoms with E-state index < -0.39 is 35.8 Å². The Morgan fingerprint density at radius 3 is 1.30 bits per heavy atom. The molecule has 0 bridgehead atoms. The van der Waals surface area contributed by atoms with Crippen LogP contribution >= 0.6 is 29.5 Å². The number of alkyl halides is 6. The predicted molar refractivity (Wildman–Crippen MR) is 195 cm³/mol. The van der Waals surface area contributed by atoms with Crippen molar-refractivity contribution in [3.63, 3.8) is 0 Å². The number of aliphatic imine (C=N–C) groups is 2. The summed E-state index contributed by atoms with van der Waals surface area (Å²) in [4.78, 5) is 22.8. The van der Waals surface area contributed by atoms with Gasteiger partial charge in [-0.3, -0.25) is 9.98 Å². The first kappa shape index (κ1) is 41.9. The molecule has 0 atom stereocenters. The van der Waals surface area contributed by atoms with E-state index in [4.69, 9.17) is 34.3 Å². The Balaban J connectivity index is 0.000000192. The number of nitrogens with one attached hydrogen (secondary N) is 2. The third-order valence-electron chi connectivity index (χ3n) is 7.24. The molecule has 7 nitrogen and oxygen atoms in total. The first-order valence-corrected chi connectivity index (χ1v) is 21.6. The second kappa shape index (κ2) is 20.6. The van der Waals surface area contributed by atoms with E-state index in [2.05, 4.69) is 29.9 Å². The van der Waals surface area contributed by atoms with Gasteiger partial charge in [0.1, 0.15) is 11.6 Å². The molecule has 0 saturated carbocycles. The SMILES string of the molecule is C1CCOC1.FC(F)(F)c1ccccc1CN=Cc1nc2ccccc2[nH]1.FC(F)(F)c1ccccc1CN=Cc1nc2ccccc2[nH]1.[Cl][V]([Cl])[Cl]. The molecule has 0 aliphatic carbocycles. The zero-order chi connectivity index (χ0) is 38.3.